The second-order valence-electron chi connectivity index (χ2n) is 5.43. The Morgan fingerprint density at radius 2 is 1.62 bits per heavy atom. The van der Waals surface area contributed by atoms with Gasteiger partial charge in [-0.1, -0.05) is 29.3 Å². The highest BCUT2D eigenvalue weighted by atomic mass is 16.5. The summed E-state index contributed by atoms with van der Waals surface area (Å²) in [6.07, 6.45) is 0. The Bertz CT molecular complexity index is 621. The summed E-state index contributed by atoms with van der Waals surface area (Å²) in [6, 6.07) is 12.1. The van der Waals surface area contributed by atoms with E-state index in [-0.39, 0.29) is 6.04 Å². The van der Waals surface area contributed by atoms with Gasteiger partial charge in [0.2, 0.25) is 0 Å². The normalized spacial score (nSPS) is 12.0. The lowest BCUT2D eigenvalue weighted by molar-refractivity contribution is 0.292. The van der Waals surface area contributed by atoms with Crippen LogP contribution in [0.4, 0.5) is 0 Å². The van der Waals surface area contributed by atoms with Crippen LogP contribution in [0.5, 0.6) is 11.5 Å². The zero-order chi connectivity index (χ0) is 15.4. The number of benzene rings is 2. The van der Waals surface area contributed by atoms with E-state index in [1.807, 2.05) is 31.2 Å². The lowest BCUT2D eigenvalue weighted by Crippen LogP contribution is -2.09. The van der Waals surface area contributed by atoms with Gasteiger partial charge in [0.15, 0.2) is 0 Å². The fourth-order valence-electron chi connectivity index (χ4n) is 2.33. The van der Waals surface area contributed by atoms with Gasteiger partial charge in [0.25, 0.3) is 0 Å². The molecule has 3 heteroatoms. The number of ether oxygens (including phenoxy) is 2. The Hall–Kier alpha value is -2.00. The van der Waals surface area contributed by atoms with E-state index in [0.29, 0.717) is 6.61 Å². The summed E-state index contributed by atoms with van der Waals surface area (Å²) in [5.41, 5.74) is 10.5. The molecule has 0 fully saturated rings. The molecule has 2 aromatic rings. The average Bonchev–Trinajstić information content (AvgIpc) is 2.46. The first-order valence-corrected chi connectivity index (χ1v) is 7.13. The van der Waals surface area contributed by atoms with E-state index in [0.717, 1.165) is 22.6 Å². The predicted octanol–water partition coefficient (Wildman–Crippen LogP) is 3.91. The largest absolute Gasteiger partial charge is 0.496 e. The minimum atomic E-state index is -0.0562. The molecular formula is C18H23NO2. The lowest BCUT2D eigenvalue weighted by atomic mass is 10.1. The first kappa shape index (κ1) is 15.4. The highest BCUT2D eigenvalue weighted by Gasteiger charge is 2.10. The molecule has 0 aliphatic heterocycles. The van der Waals surface area contributed by atoms with Gasteiger partial charge in [-0.25, -0.2) is 0 Å². The Kier molecular flexibility index (Phi) is 4.86. The standard InChI is InChI=1S/C18H23NO2/c1-12-5-7-17(20-4)15(9-12)11-21-18-8-6-13(2)10-16(18)14(3)19/h5-10,14H,11,19H2,1-4H3. The van der Waals surface area contributed by atoms with Crippen molar-refractivity contribution in [1.29, 1.82) is 0 Å². The van der Waals surface area contributed by atoms with Gasteiger partial charge in [0.1, 0.15) is 18.1 Å². The zero-order valence-corrected chi connectivity index (χ0v) is 13.1. The van der Waals surface area contributed by atoms with E-state index in [1.165, 1.54) is 11.1 Å². The quantitative estimate of drug-likeness (QED) is 0.905. The maximum atomic E-state index is 6.03. The van der Waals surface area contributed by atoms with E-state index in [4.69, 9.17) is 15.2 Å². The van der Waals surface area contributed by atoms with Crippen LogP contribution in [-0.4, -0.2) is 7.11 Å². The van der Waals surface area contributed by atoms with Crippen LogP contribution in [0.15, 0.2) is 36.4 Å². The van der Waals surface area contributed by atoms with Gasteiger partial charge < -0.3 is 15.2 Å². The van der Waals surface area contributed by atoms with Crippen molar-refractivity contribution in [2.24, 2.45) is 5.73 Å². The molecule has 1 atom stereocenters. The van der Waals surface area contributed by atoms with Gasteiger partial charge in [-0.2, -0.15) is 0 Å². The molecule has 112 valence electrons. The summed E-state index contributed by atoms with van der Waals surface area (Å²) >= 11 is 0. The molecule has 0 amide bonds. The third-order valence-corrected chi connectivity index (χ3v) is 3.47. The molecule has 0 saturated heterocycles. The van der Waals surface area contributed by atoms with Crippen molar-refractivity contribution in [3.8, 4) is 11.5 Å². The Balaban J connectivity index is 2.22. The smallest absolute Gasteiger partial charge is 0.125 e. The van der Waals surface area contributed by atoms with Crippen molar-refractivity contribution < 1.29 is 9.47 Å². The number of hydrogen-bond acceptors (Lipinski definition) is 3. The van der Waals surface area contributed by atoms with Gasteiger partial charge in [-0.3, -0.25) is 0 Å². The second-order valence-corrected chi connectivity index (χ2v) is 5.43. The summed E-state index contributed by atoms with van der Waals surface area (Å²) in [6.45, 7) is 6.55. The van der Waals surface area contributed by atoms with E-state index < -0.39 is 0 Å². The fourth-order valence-corrected chi connectivity index (χ4v) is 2.33. The van der Waals surface area contributed by atoms with E-state index in [2.05, 4.69) is 26.0 Å². The highest BCUT2D eigenvalue weighted by Crippen LogP contribution is 2.27. The summed E-state index contributed by atoms with van der Waals surface area (Å²) in [5, 5.41) is 0. The molecule has 0 aliphatic rings. The summed E-state index contributed by atoms with van der Waals surface area (Å²) < 4.78 is 11.4. The van der Waals surface area contributed by atoms with E-state index >= 15 is 0 Å². The topological polar surface area (TPSA) is 44.5 Å². The summed E-state index contributed by atoms with van der Waals surface area (Å²) in [7, 11) is 1.67. The molecule has 2 N–H and O–H groups in total. The molecule has 21 heavy (non-hydrogen) atoms. The number of methoxy groups -OCH3 is 1. The molecule has 0 spiro atoms. The molecule has 0 saturated carbocycles. The molecular weight excluding hydrogens is 262 g/mol. The van der Waals surface area contributed by atoms with Crippen molar-refractivity contribution in [1.82, 2.24) is 0 Å². The minimum Gasteiger partial charge on any atom is -0.496 e. The molecule has 0 aromatic heterocycles. The van der Waals surface area contributed by atoms with Crippen LogP contribution in [0.2, 0.25) is 0 Å². The molecule has 0 aliphatic carbocycles. The predicted molar refractivity (Wildman–Crippen MR) is 85.8 cm³/mol. The number of hydrogen-bond donors (Lipinski definition) is 1. The molecule has 3 nitrogen and oxygen atoms in total. The molecule has 0 bridgehead atoms. The van der Waals surface area contributed by atoms with Crippen molar-refractivity contribution in [2.75, 3.05) is 7.11 Å². The van der Waals surface area contributed by atoms with Gasteiger partial charge in [0.05, 0.1) is 7.11 Å². The second kappa shape index (κ2) is 6.64. The van der Waals surface area contributed by atoms with Crippen LogP contribution in [0, 0.1) is 13.8 Å². The first-order chi connectivity index (χ1) is 10.0. The maximum absolute atomic E-state index is 6.03. The van der Waals surface area contributed by atoms with Gasteiger partial charge in [-0.15, -0.1) is 0 Å². The molecule has 0 heterocycles. The van der Waals surface area contributed by atoms with E-state index in [1.54, 1.807) is 7.11 Å². The first-order valence-electron chi connectivity index (χ1n) is 7.13. The van der Waals surface area contributed by atoms with Crippen molar-refractivity contribution >= 4 is 0 Å². The Morgan fingerprint density at radius 1 is 1.00 bits per heavy atom. The van der Waals surface area contributed by atoms with Crippen LogP contribution in [0.25, 0.3) is 0 Å². The number of nitrogens with two attached hydrogens (primary N) is 1. The Labute approximate surface area is 126 Å². The molecule has 0 radical (unpaired) electrons. The lowest BCUT2D eigenvalue weighted by Gasteiger charge is -2.16. The molecule has 2 aromatic carbocycles. The molecule has 2 rings (SSSR count). The highest BCUT2D eigenvalue weighted by molar-refractivity contribution is 5.40. The van der Waals surface area contributed by atoms with Crippen LogP contribution >= 0.6 is 0 Å². The van der Waals surface area contributed by atoms with Gasteiger partial charge in [0, 0.05) is 17.2 Å². The Morgan fingerprint density at radius 3 is 2.24 bits per heavy atom. The fraction of sp³-hybridized carbons (Fsp3) is 0.333. The average molecular weight is 285 g/mol. The summed E-state index contributed by atoms with van der Waals surface area (Å²) in [5.74, 6) is 1.68. The number of rotatable bonds is 5. The SMILES string of the molecule is COc1ccc(C)cc1COc1ccc(C)cc1C(C)N. The maximum Gasteiger partial charge on any atom is 0.125 e. The van der Waals surface area contributed by atoms with Crippen molar-refractivity contribution in [2.45, 2.75) is 33.4 Å². The minimum absolute atomic E-state index is 0.0562. The van der Waals surface area contributed by atoms with Crippen LogP contribution < -0.4 is 15.2 Å². The number of aryl methyl sites for hydroxylation is 2. The van der Waals surface area contributed by atoms with Crippen LogP contribution in [-0.2, 0) is 6.61 Å². The third kappa shape index (κ3) is 3.76. The van der Waals surface area contributed by atoms with Gasteiger partial charge in [-0.05, 0) is 39.0 Å². The van der Waals surface area contributed by atoms with Crippen LogP contribution in [0.1, 0.15) is 35.2 Å². The zero-order valence-electron chi connectivity index (χ0n) is 13.1. The van der Waals surface area contributed by atoms with E-state index in [9.17, 15) is 0 Å². The van der Waals surface area contributed by atoms with Gasteiger partial charge >= 0.3 is 0 Å². The van der Waals surface area contributed by atoms with Crippen molar-refractivity contribution in [3.63, 3.8) is 0 Å². The summed E-state index contributed by atoms with van der Waals surface area (Å²) in [4.78, 5) is 0. The van der Waals surface area contributed by atoms with Crippen LogP contribution in [0.3, 0.4) is 0 Å². The van der Waals surface area contributed by atoms with Crippen molar-refractivity contribution in [3.05, 3.63) is 58.7 Å². The third-order valence-electron chi connectivity index (χ3n) is 3.47. The monoisotopic (exact) mass is 285 g/mol. The molecule has 1 unspecified atom stereocenters.